The molecule has 1 aliphatic rings. The number of fused-ring (bicyclic) bond motifs is 1. The molecule has 128 valence electrons. The van der Waals surface area contributed by atoms with Crippen LogP contribution in [0.5, 0.6) is 0 Å². The lowest BCUT2D eigenvalue weighted by molar-refractivity contribution is 0.0594. The van der Waals surface area contributed by atoms with E-state index in [9.17, 15) is 4.79 Å². The second-order valence-electron chi connectivity index (χ2n) is 5.81. The van der Waals surface area contributed by atoms with Crippen LogP contribution in [0.25, 0.3) is 22.3 Å². The topological polar surface area (TPSA) is 80.3 Å². The van der Waals surface area contributed by atoms with Crippen LogP contribution in [0, 0.1) is 0 Å². The third-order valence-corrected chi connectivity index (χ3v) is 4.25. The summed E-state index contributed by atoms with van der Waals surface area (Å²) in [5.41, 5.74) is 2.15. The summed E-state index contributed by atoms with van der Waals surface area (Å²) in [6.07, 6.45) is 1.89. The largest absolute Gasteiger partial charge is 0.464 e. The average Bonchev–Trinajstić information content (AvgIpc) is 3.15. The van der Waals surface area contributed by atoms with Gasteiger partial charge in [0.1, 0.15) is 5.82 Å². The summed E-state index contributed by atoms with van der Waals surface area (Å²) in [6.45, 7) is 2.74. The molecule has 3 aromatic rings. The molecule has 2 aromatic heterocycles. The fraction of sp³-hybridized carbons (Fsp3) is 0.278. The quantitative estimate of drug-likeness (QED) is 0.738. The Bertz CT molecular complexity index is 916. The summed E-state index contributed by atoms with van der Waals surface area (Å²) in [5.74, 6) is 0.747. The Hall–Kier alpha value is -2.93. The van der Waals surface area contributed by atoms with E-state index in [0.717, 1.165) is 29.6 Å². The lowest BCUT2D eigenvalue weighted by Crippen LogP contribution is -2.37. The highest BCUT2D eigenvalue weighted by Gasteiger charge is 2.19. The number of benzene rings is 1. The van der Waals surface area contributed by atoms with Gasteiger partial charge in [-0.3, -0.25) is 0 Å². The number of nitrogens with zero attached hydrogens (tertiary/aromatic N) is 3. The third kappa shape index (κ3) is 3.06. The maximum atomic E-state index is 12.0. The van der Waals surface area contributed by atoms with E-state index in [0.29, 0.717) is 24.9 Å². The molecule has 0 spiro atoms. The SMILES string of the molecule is COC(=O)c1cc(N2CCOCC2)nc(-c2ccc3[nH]ccc3c2)n1. The summed E-state index contributed by atoms with van der Waals surface area (Å²) in [6, 6.07) is 9.60. The van der Waals surface area contributed by atoms with Gasteiger partial charge in [-0.25, -0.2) is 14.8 Å². The van der Waals surface area contributed by atoms with Crippen LogP contribution >= 0.6 is 0 Å². The number of morpholine rings is 1. The van der Waals surface area contributed by atoms with Crippen LogP contribution in [-0.4, -0.2) is 54.3 Å². The lowest BCUT2D eigenvalue weighted by atomic mass is 10.1. The number of esters is 1. The van der Waals surface area contributed by atoms with E-state index in [2.05, 4.69) is 19.9 Å². The van der Waals surface area contributed by atoms with Gasteiger partial charge in [0.2, 0.25) is 0 Å². The molecule has 0 amide bonds. The standard InChI is InChI=1S/C18H18N4O3/c1-24-18(23)15-11-16(22-6-8-25-9-7-22)21-17(20-15)13-2-3-14-12(10-13)4-5-19-14/h2-5,10-11,19H,6-9H2,1H3. The van der Waals surface area contributed by atoms with Gasteiger partial charge in [0.15, 0.2) is 11.5 Å². The highest BCUT2D eigenvalue weighted by atomic mass is 16.5. The number of hydrogen-bond donors (Lipinski definition) is 1. The van der Waals surface area contributed by atoms with Gasteiger partial charge in [0.05, 0.1) is 20.3 Å². The number of nitrogens with one attached hydrogen (secondary N) is 1. The number of H-pyrrole nitrogens is 1. The second-order valence-corrected chi connectivity index (χ2v) is 5.81. The van der Waals surface area contributed by atoms with Crippen molar-refractivity contribution >= 4 is 22.7 Å². The molecule has 0 saturated carbocycles. The minimum Gasteiger partial charge on any atom is -0.464 e. The van der Waals surface area contributed by atoms with E-state index < -0.39 is 5.97 Å². The number of hydrogen-bond acceptors (Lipinski definition) is 6. The molecule has 0 bridgehead atoms. The first-order valence-corrected chi connectivity index (χ1v) is 8.12. The summed E-state index contributed by atoms with van der Waals surface area (Å²) in [4.78, 5) is 26.4. The van der Waals surface area contributed by atoms with Crippen molar-refractivity contribution in [2.24, 2.45) is 0 Å². The van der Waals surface area contributed by atoms with Gasteiger partial charge >= 0.3 is 5.97 Å². The van der Waals surface area contributed by atoms with Crippen LogP contribution in [0.15, 0.2) is 36.5 Å². The number of carbonyl (C=O) groups excluding carboxylic acids is 1. The van der Waals surface area contributed by atoms with Crippen molar-refractivity contribution in [3.8, 4) is 11.4 Å². The maximum Gasteiger partial charge on any atom is 0.356 e. The molecule has 0 atom stereocenters. The minimum absolute atomic E-state index is 0.253. The molecule has 7 heteroatoms. The number of ether oxygens (including phenoxy) is 2. The lowest BCUT2D eigenvalue weighted by Gasteiger charge is -2.28. The molecule has 1 N–H and O–H groups in total. The Morgan fingerprint density at radius 2 is 2.04 bits per heavy atom. The van der Waals surface area contributed by atoms with E-state index in [-0.39, 0.29) is 5.69 Å². The van der Waals surface area contributed by atoms with Gasteiger partial charge in [-0.15, -0.1) is 0 Å². The molecule has 0 aliphatic carbocycles. The van der Waals surface area contributed by atoms with Crippen molar-refractivity contribution < 1.29 is 14.3 Å². The van der Waals surface area contributed by atoms with Crippen molar-refractivity contribution in [2.45, 2.75) is 0 Å². The Morgan fingerprint density at radius 3 is 2.84 bits per heavy atom. The van der Waals surface area contributed by atoms with Gasteiger partial charge in [0.25, 0.3) is 0 Å². The monoisotopic (exact) mass is 338 g/mol. The molecule has 1 aromatic carbocycles. The number of methoxy groups -OCH3 is 1. The summed E-state index contributed by atoms with van der Waals surface area (Å²) >= 11 is 0. The Labute approximate surface area is 144 Å². The molecule has 3 heterocycles. The summed E-state index contributed by atoms with van der Waals surface area (Å²) in [7, 11) is 1.35. The smallest absolute Gasteiger partial charge is 0.356 e. The first-order chi connectivity index (χ1) is 12.2. The van der Waals surface area contributed by atoms with Gasteiger partial charge in [0, 0.05) is 41.8 Å². The highest BCUT2D eigenvalue weighted by molar-refractivity contribution is 5.89. The molecule has 7 nitrogen and oxygen atoms in total. The fourth-order valence-corrected chi connectivity index (χ4v) is 2.92. The van der Waals surface area contributed by atoms with Crippen LogP contribution in [0.4, 0.5) is 5.82 Å². The number of aromatic amines is 1. The van der Waals surface area contributed by atoms with Crippen molar-refractivity contribution in [1.82, 2.24) is 15.0 Å². The molecule has 1 fully saturated rings. The number of rotatable bonds is 3. The predicted octanol–water partition coefficient (Wildman–Crippen LogP) is 2.25. The molecule has 25 heavy (non-hydrogen) atoms. The van der Waals surface area contributed by atoms with Crippen LogP contribution in [0.1, 0.15) is 10.5 Å². The van der Waals surface area contributed by atoms with E-state index in [1.807, 2.05) is 30.5 Å². The molecule has 0 unspecified atom stereocenters. The normalized spacial score (nSPS) is 14.7. The third-order valence-electron chi connectivity index (χ3n) is 4.25. The zero-order chi connectivity index (χ0) is 17.2. The van der Waals surface area contributed by atoms with Gasteiger partial charge in [-0.2, -0.15) is 0 Å². The van der Waals surface area contributed by atoms with Crippen molar-refractivity contribution in [1.29, 1.82) is 0 Å². The molecule has 0 radical (unpaired) electrons. The van der Waals surface area contributed by atoms with Crippen molar-refractivity contribution in [3.05, 3.63) is 42.2 Å². The molecular formula is C18H18N4O3. The number of aromatic nitrogens is 3. The molecular weight excluding hydrogens is 320 g/mol. The van der Waals surface area contributed by atoms with Gasteiger partial charge in [-0.1, -0.05) is 0 Å². The van der Waals surface area contributed by atoms with E-state index in [1.54, 1.807) is 6.07 Å². The Kier molecular flexibility index (Phi) is 4.07. The second kappa shape index (κ2) is 6.52. The van der Waals surface area contributed by atoms with Crippen LogP contribution in [0.2, 0.25) is 0 Å². The minimum atomic E-state index is -0.471. The maximum absolute atomic E-state index is 12.0. The first kappa shape index (κ1) is 15.6. The zero-order valence-electron chi connectivity index (χ0n) is 13.9. The number of carbonyl (C=O) groups is 1. The molecule has 1 saturated heterocycles. The average molecular weight is 338 g/mol. The van der Waals surface area contributed by atoms with Gasteiger partial charge < -0.3 is 19.4 Å². The molecule has 1 aliphatic heterocycles. The first-order valence-electron chi connectivity index (χ1n) is 8.12. The van der Waals surface area contributed by atoms with Gasteiger partial charge in [-0.05, 0) is 24.3 Å². The number of anilines is 1. The summed E-state index contributed by atoms with van der Waals surface area (Å²) in [5, 5.41) is 1.07. The van der Waals surface area contributed by atoms with Crippen molar-refractivity contribution in [2.75, 3.05) is 38.3 Å². The van der Waals surface area contributed by atoms with E-state index >= 15 is 0 Å². The summed E-state index contributed by atoms with van der Waals surface area (Å²) < 4.78 is 10.2. The van der Waals surface area contributed by atoms with Crippen LogP contribution in [-0.2, 0) is 9.47 Å². The fourth-order valence-electron chi connectivity index (χ4n) is 2.92. The predicted molar refractivity (Wildman–Crippen MR) is 93.7 cm³/mol. The molecule has 4 rings (SSSR count). The van der Waals surface area contributed by atoms with E-state index in [1.165, 1.54) is 7.11 Å². The van der Waals surface area contributed by atoms with Crippen LogP contribution < -0.4 is 4.90 Å². The van der Waals surface area contributed by atoms with Crippen molar-refractivity contribution in [3.63, 3.8) is 0 Å². The Balaban J connectivity index is 1.80. The Morgan fingerprint density at radius 1 is 1.20 bits per heavy atom. The van der Waals surface area contributed by atoms with Crippen LogP contribution in [0.3, 0.4) is 0 Å². The zero-order valence-corrected chi connectivity index (χ0v) is 13.9. The highest BCUT2D eigenvalue weighted by Crippen LogP contribution is 2.24. The van der Waals surface area contributed by atoms with E-state index in [4.69, 9.17) is 9.47 Å².